The maximum Gasteiger partial charge on any atom is 0.145 e. The zero-order chi connectivity index (χ0) is 9.14. The molecule has 0 amide bonds. The molecule has 2 N–H and O–H groups in total. The lowest BCUT2D eigenvalue weighted by Gasteiger charge is -2.05. The van der Waals surface area contributed by atoms with Crippen LogP contribution in [0.25, 0.3) is 0 Å². The molecule has 1 heterocycles. The number of nitrogens with zero attached hydrogens (tertiary/aromatic N) is 2. The summed E-state index contributed by atoms with van der Waals surface area (Å²) in [6.45, 7) is 5.97. The normalized spacial score (nSPS) is 10.2. The summed E-state index contributed by atoms with van der Waals surface area (Å²) < 4.78 is 0. The first-order valence-electron chi connectivity index (χ1n) is 4.24. The van der Waals surface area contributed by atoms with Gasteiger partial charge in [-0.3, -0.25) is 4.98 Å². The van der Waals surface area contributed by atoms with Crippen LogP contribution in [0.5, 0.6) is 0 Å². The molecule has 0 aromatic carbocycles. The van der Waals surface area contributed by atoms with E-state index in [1.807, 2.05) is 13.8 Å². The minimum Gasteiger partial charge on any atom is -0.382 e. The molecule has 66 valence electrons. The van der Waals surface area contributed by atoms with Crippen LogP contribution in [-0.4, -0.2) is 9.97 Å². The van der Waals surface area contributed by atoms with Crippen LogP contribution >= 0.6 is 0 Å². The molecule has 0 radical (unpaired) electrons. The molecule has 0 spiro atoms. The molecule has 0 saturated carbocycles. The largest absolute Gasteiger partial charge is 0.382 e. The van der Waals surface area contributed by atoms with Crippen LogP contribution in [0.15, 0.2) is 0 Å². The van der Waals surface area contributed by atoms with Crippen LogP contribution < -0.4 is 5.73 Å². The van der Waals surface area contributed by atoms with Gasteiger partial charge >= 0.3 is 0 Å². The molecule has 0 aliphatic heterocycles. The summed E-state index contributed by atoms with van der Waals surface area (Å²) in [6.07, 6.45) is 2.08. The fourth-order valence-corrected chi connectivity index (χ4v) is 1.14. The van der Waals surface area contributed by atoms with Crippen molar-refractivity contribution in [2.45, 2.75) is 33.6 Å². The highest BCUT2D eigenvalue weighted by atomic mass is 14.9. The molecular weight excluding hydrogens is 150 g/mol. The Morgan fingerprint density at radius 1 is 1.17 bits per heavy atom. The molecule has 0 atom stereocenters. The maximum atomic E-state index is 5.61. The second kappa shape index (κ2) is 3.52. The van der Waals surface area contributed by atoms with Gasteiger partial charge in [0, 0.05) is 0 Å². The molecule has 1 aromatic rings. The van der Waals surface area contributed by atoms with Crippen LogP contribution in [0.4, 0.5) is 5.82 Å². The molecule has 0 saturated heterocycles. The second-order valence-electron chi connectivity index (χ2n) is 2.98. The average Bonchev–Trinajstić information content (AvgIpc) is 2.01. The van der Waals surface area contributed by atoms with Crippen molar-refractivity contribution in [1.29, 1.82) is 0 Å². The third kappa shape index (κ3) is 1.72. The molecule has 3 heteroatoms. The number of aryl methyl sites for hydroxylation is 3. The smallest absolute Gasteiger partial charge is 0.145 e. The Hall–Kier alpha value is -1.12. The van der Waals surface area contributed by atoms with E-state index in [1.165, 1.54) is 0 Å². The lowest BCUT2D eigenvalue weighted by Crippen LogP contribution is -2.04. The highest BCUT2D eigenvalue weighted by Gasteiger charge is 2.03. The predicted molar refractivity (Wildman–Crippen MR) is 49.9 cm³/mol. The summed E-state index contributed by atoms with van der Waals surface area (Å²) >= 11 is 0. The van der Waals surface area contributed by atoms with Crippen molar-refractivity contribution in [3.8, 4) is 0 Å². The molecule has 0 bridgehead atoms. The third-order valence-corrected chi connectivity index (χ3v) is 1.87. The van der Waals surface area contributed by atoms with E-state index in [9.17, 15) is 0 Å². The summed E-state index contributed by atoms with van der Waals surface area (Å²) in [5.41, 5.74) is 8.48. The highest BCUT2D eigenvalue weighted by molar-refractivity contribution is 5.35. The SMILES string of the molecule is CCCc1nc(C)c(N)nc1C. The number of nitrogen functional groups attached to an aromatic ring is 1. The fraction of sp³-hybridized carbons (Fsp3) is 0.556. The summed E-state index contributed by atoms with van der Waals surface area (Å²) in [6, 6.07) is 0. The summed E-state index contributed by atoms with van der Waals surface area (Å²) in [5, 5.41) is 0. The number of hydrogen-bond donors (Lipinski definition) is 1. The van der Waals surface area contributed by atoms with E-state index in [0.29, 0.717) is 5.82 Å². The molecule has 1 aromatic heterocycles. The lowest BCUT2D eigenvalue weighted by atomic mass is 10.2. The molecule has 3 nitrogen and oxygen atoms in total. The van der Waals surface area contributed by atoms with Gasteiger partial charge in [-0.15, -0.1) is 0 Å². The first kappa shape index (κ1) is 8.97. The number of hydrogen-bond acceptors (Lipinski definition) is 3. The lowest BCUT2D eigenvalue weighted by molar-refractivity contribution is 0.844. The summed E-state index contributed by atoms with van der Waals surface area (Å²) in [4.78, 5) is 8.58. The van der Waals surface area contributed by atoms with Gasteiger partial charge in [0.25, 0.3) is 0 Å². The average molecular weight is 165 g/mol. The van der Waals surface area contributed by atoms with Gasteiger partial charge < -0.3 is 5.73 Å². The van der Waals surface area contributed by atoms with E-state index in [-0.39, 0.29) is 0 Å². The van der Waals surface area contributed by atoms with Crippen LogP contribution in [0.3, 0.4) is 0 Å². The van der Waals surface area contributed by atoms with Gasteiger partial charge in [-0.25, -0.2) is 4.98 Å². The third-order valence-electron chi connectivity index (χ3n) is 1.87. The minimum absolute atomic E-state index is 0.548. The molecule has 0 aliphatic rings. The molecule has 0 unspecified atom stereocenters. The maximum absolute atomic E-state index is 5.61. The van der Waals surface area contributed by atoms with Gasteiger partial charge in [0.05, 0.1) is 17.1 Å². The number of rotatable bonds is 2. The van der Waals surface area contributed by atoms with Crippen molar-refractivity contribution in [3.05, 3.63) is 17.1 Å². The topological polar surface area (TPSA) is 51.8 Å². The Morgan fingerprint density at radius 2 is 1.83 bits per heavy atom. The number of anilines is 1. The summed E-state index contributed by atoms with van der Waals surface area (Å²) in [7, 11) is 0. The quantitative estimate of drug-likeness (QED) is 0.724. The van der Waals surface area contributed by atoms with Crippen LogP contribution in [0, 0.1) is 13.8 Å². The van der Waals surface area contributed by atoms with E-state index in [2.05, 4.69) is 16.9 Å². The minimum atomic E-state index is 0.548. The Labute approximate surface area is 73.0 Å². The van der Waals surface area contributed by atoms with E-state index < -0.39 is 0 Å². The van der Waals surface area contributed by atoms with Crippen molar-refractivity contribution >= 4 is 5.82 Å². The van der Waals surface area contributed by atoms with Crippen molar-refractivity contribution in [2.75, 3.05) is 5.73 Å². The van der Waals surface area contributed by atoms with Gasteiger partial charge in [0.1, 0.15) is 5.82 Å². The van der Waals surface area contributed by atoms with Gasteiger partial charge in [0.2, 0.25) is 0 Å². The van der Waals surface area contributed by atoms with E-state index in [1.54, 1.807) is 0 Å². The van der Waals surface area contributed by atoms with Gasteiger partial charge in [-0.05, 0) is 20.3 Å². The van der Waals surface area contributed by atoms with Crippen LogP contribution in [-0.2, 0) is 6.42 Å². The molecule has 0 aliphatic carbocycles. The summed E-state index contributed by atoms with van der Waals surface area (Å²) in [5.74, 6) is 0.548. The van der Waals surface area contributed by atoms with Gasteiger partial charge in [0.15, 0.2) is 0 Å². The van der Waals surface area contributed by atoms with Crippen molar-refractivity contribution < 1.29 is 0 Å². The molecule has 1 rings (SSSR count). The molecular formula is C9H15N3. The standard InChI is InChI=1S/C9H15N3/c1-4-5-8-6(2)12-9(10)7(3)11-8/h4-5H2,1-3H3,(H2,10,12). The zero-order valence-corrected chi connectivity index (χ0v) is 7.89. The van der Waals surface area contributed by atoms with Crippen LogP contribution in [0.1, 0.15) is 30.4 Å². The predicted octanol–water partition coefficient (Wildman–Crippen LogP) is 1.63. The van der Waals surface area contributed by atoms with Crippen LogP contribution in [0.2, 0.25) is 0 Å². The zero-order valence-electron chi connectivity index (χ0n) is 7.89. The first-order chi connectivity index (χ1) is 5.65. The van der Waals surface area contributed by atoms with Crippen molar-refractivity contribution in [2.24, 2.45) is 0 Å². The molecule has 0 fully saturated rings. The van der Waals surface area contributed by atoms with Crippen molar-refractivity contribution in [3.63, 3.8) is 0 Å². The van der Waals surface area contributed by atoms with E-state index in [0.717, 1.165) is 29.9 Å². The van der Waals surface area contributed by atoms with E-state index >= 15 is 0 Å². The number of nitrogens with two attached hydrogens (primary N) is 1. The molecule has 12 heavy (non-hydrogen) atoms. The van der Waals surface area contributed by atoms with Gasteiger partial charge in [-0.1, -0.05) is 13.3 Å². The van der Waals surface area contributed by atoms with E-state index in [4.69, 9.17) is 5.73 Å². The van der Waals surface area contributed by atoms with Gasteiger partial charge in [-0.2, -0.15) is 0 Å². The van der Waals surface area contributed by atoms with Crippen molar-refractivity contribution in [1.82, 2.24) is 9.97 Å². The monoisotopic (exact) mass is 165 g/mol. The Balaban J connectivity index is 3.05. The number of aromatic nitrogens is 2. The highest BCUT2D eigenvalue weighted by Crippen LogP contribution is 2.10. The Kier molecular flexibility index (Phi) is 2.63. The second-order valence-corrected chi connectivity index (χ2v) is 2.98. The Morgan fingerprint density at radius 3 is 2.42 bits per heavy atom. The Bertz CT molecular complexity index is 281. The fourth-order valence-electron chi connectivity index (χ4n) is 1.14. The first-order valence-corrected chi connectivity index (χ1v) is 4.24.